The molecule has 0 heteroatoms. The van der Waals surface area contributed by atoms with Crippen LogP contribution in [0.25, 0.3) is 0 Å². The molecule has 0 nitrogen and oxygen atoms in total. The van der Waals surface area contributed by atoms with Crippen LogP contribution in [-0.4, -0.2) is 0 Å². The van der Waals surface area contributed by atoms with Crippen molar-refractivity contribution in [1.29, 1.82) is 0 Å². The number of allylic oxidation sites excluding steroid dienone is 2. The molecular formula is C17H32. The average Bonchev–Trinajstić information content (AvgIpc) is 2.50. The molecule has 0 aliphatic heterocycles. The summed E-state index contributed by atoms with van der Waals surface area (Å²) in [5, 5.41) is 0. The van der Waals surface area contributed by atoms with Crippen molar-refractivity contribution in [3.8, 4) is 0 Å². The first kappa shape index (κ1) is 14.8. The minimum absolute atomic E-state index is 0.401. The molecule has 1 fully saturated rings. The van der Waals surface area contributed by atoms with Gasteiger partial charge in [-0.2, -0.15) is 0 Å². The molecule has 0 saturated heterocycles. The van der Waals surface area contributed by atoms with Crippen molar-refractivity contribution < 1.29 is 0 Å². The van der Waals surface area contributed by atoms with Gasteiger partial charge in [0.05, 0.1) is 0 Å². The highest BCUT2D eigenvalue weighted by molar-refractivity contribution is 5.42. The Hall–Kier alpha value is -0.260. The maximum absolute atomic E-state index is 2.48. The third-order valence-electron chi connectivity index (χ3n) is 7.25. The molecule has 0 aromatic carbocycles. The van der Waals surface area contributed by atoms with E-state index in [0.29, 0.717) is 21.7 Å². The van der Waals surface area contributed by atoms with E-state index in [4.69, 9.17) is 0 Å². The minimum atomic E-state index is 0.401. The van der Waals surface area contributed by atoms with Crippen LogP contribution >= 0.6 is 0 Å². The Bertz CT molecular complexity index is 322. The molecule has 0 aromatic heterocycles. The maximum atomic E-state index is 2.48. The second-order valence-corrected chi connectivity index (χ2v) is 7.34. The first-order valence-corrected chi connectivity index (χ1v) is 7.21. The van der Waals surface area contributed by atoms with Gasteiger partial charge in [-0.3, -0.25) is 0 Å². The molecule has 1 saturated carbocycles. The standard InChI is InChI=1S/C15H26.C2H6/c1-10-11(2)15(8)9-14(10,7)12(3,4)13(15,5)6;1-2/h9H2,1-8H3;1-2H3/t14-,15?;/m0./s1. The normalized spacial score (nSPS) is 41.3. The highest BCUT2D eigenvalue weighted by atomic mass is 14.7. The smallest absolute Gasteiger partial charge is 0.00514 e. The molecule has 17 heavy (non-hydrogen) atoms. The van der Waals surface area contributed by atoms with E-state index >= 15 is 0 Å². The Morgan fingerprint density at radius 3 is 1.06 bits per heavy atom. The molecule has 2 aliphatic carbocycles. The molecule has 0 radical (unpaired) electrons. The van der Waals surface area contributed by atoms with Gasteiger partial charge in [0.1, 0.15) is 0 Å². The van der Waals surface area contributed by atoms with Crippen molar-refractivity contribution in [2.75, 3.05) is 0 Å². The zero-order valence-corrected chi connectivity index (χ0v) is 13.7. The lowest BCUT2D eigenvalue weighted by Crippen LogP contribution is -2.46. The van der Waals surface area contributed by atoms with Gasteiger partial charge in [0.15, 0.2) is 0 Å². The highest BCUT2D eigenvalue weighted by Gasteiger charge is 2.70. The van der Waals surface area contributed by atoms with Gasteiger partial charge in [-0.05, 0) is 41.9 Å². The van der Waals surface area contributed by atoms with E-state index in [1.165, 1.54) is 6.42 Å². The molecule has 0 heterocycles. The van der Waals surface area contributed by atoms with E-state index < -0.39 is 0 Å². The summed E-state index contributed by atoms with van der Waals surface area (Å²) in [5.41, 5.74) is 4.95. The van der Waals surface area contributed by atoms with Crippen LogP contribution in [0.15, 0.2) is 11.1 Å². The third-order valence-corrected chi connectivity index (χ3v) is 7.25. The number of hydrogen-bond acceptors (Lipinski definition) is 0. The van der Waals surface area contributed by atoms with Gasteiger partial charge >= 0.3 is 0 Å². The van der Waals surface area contributed by atoms with Crippen LogP contribution in [0.1, 0.15) is 75.7 Å². The van der Waals surface area contributed by atoms with Gasteiger partial charge in [0.25, 0.3) is 0 Å². The molecule has 2 atom stereocenters. The van der Waals surface area contributed by atoms with Gasteiger partial charge in [-0.25, -0.2) is 0 Å². The topological polar surface area (TPSA) is 0 Å². The van der Waals surface area contributed by atoms with Crippen molar-refractivity contribution in [3.63, 3.8) is 0 Å². The number of rotatable bonds is 0. The average molecular weight is 236 g/mol. The zero-order valence-electron chi connectivity index (χ0n) is 13.7. The molecule has 0 aromatic rings. The molecule has 2 aliphatic rings. The Labute approximate surface area is 109 Å². The molecule has 100 valence electrons. The fourth-order valence-electron chi connectivity index (χ4n) is 4.56. The zero-order chi connectivity index (χ0) is 13.9. The second kappa shape index (κ2) is 3.62. The van der Waals surface area contributed by atoms with Gasteiger partial charge in [-0.15, -0.1) is 0 Å². The van der Waals surface area contributed by atoms with Crippen LogP contribution in [0.5, 0.6) is 0 Å². The minimum Gasteiger partial charge on any atom is -0.0683 e. The van der Waals surface area contributed by atoms with E-state index in [2.05, 4.69) is 55.4 Å². The lowest BCUT2D eigenvalue weighted by Gasteiger charge is -2.54. The van der Waals surface area contributed by atoms with Gasteiger partial charge in [0.2, 0.25) is 0 Å². The largest absolute Gasteiger partial charge is 0.0683 e. The van der Waals surface area contributed by atoms with E-state index in [1.807, 2.05) is 13.8 Å². The summed E-state index contributed by atoms with van der Waals surface area (Å²) in [5.74, 6) is 0. The molecule has 0 spiro atoms. The Kier molecular flexibility index (Phi) is 3.15. The predicted molar refractivity (Wildman–Crippen MR) is 78.1 cm³/mol. The van der Waals surface area contributed by atoms with E-state index in [1.54, 1.807) is 11.1 Å². The van der Waals surface area contributed by atoms with Crippen LogP contribution in [0.3, 0.4) is 0 Å². The number of hydrogen-bond donors (Lipinski definition) is 0. The van der Waals surface area contributed by atoms with Gasteiger partial charge in [-0.1, -0.05) is 66.5 Å². The van der Waals surface area contributed by atoms with E-state index in [9.17, 15) is 0 Å². The summed E-state index contributed by atoms with van der Waals surface area (Å²) in [6.07, 6.45) is 1.34. The second-order valence-electron chi connectivity index (χ2n) is 7.34. The molecule has 1 unspecified atom stereocenters. The molecule has 2 rings (SSSR count). The third kappa shape index (κ3) is 1.25. The lowest BCUT2D eigenvalue weighted by atomic mass is 9.50. The Balaban J connectivity index is 0.000000686. The van der Waals surface area contributed by atoms with Crippen molar-refractivity contribution in [2.24, 2.45) is 21.7 Å². The first-order valence-electron chi connectivity index (χ1n) is 7.21. The fraction of sp³-hybridized carbons (Fsp3) is 0.882. The number of fused-ring (bicyclic) bond motifs is 2. The Morgan fingerprint density at radius 2 is 0.882 bits per heavy atom. The molecular weight excluding hydrogens is 204 g/mol. The van der Waals surface area contributed by atoms with Crippen molar-refractivity contribution in [3.05, 3.63) is 11.1 Å². The monoisotopic (exact) mass is 236 g/mol. The quantitative estimate of drug-likeness (QED) is 0.464. The molecule has 0 amide bonds. The van der Waals surface area contributed by atoms with Crippen molar-refractivity contribution >= 4 is 0 Å². The van der Waals surface area contributed by atoms with E-state index in [-0.39, 0.29) is 0 Å². The summed E-state index contributed by atoms with van der Waals surface area (Å²) in [6.45, 7) is 23.5. The van der Waals surface area contributed by atoms with Crippen LogP contribution in [0.2, 0.25) is 0 Å². The summed E-state index contributed by atoms with van der Waals surface area (Å²) >= 11 is 0. The van der Waals surface area contributed by atoms with Crippen LogP contribution in [-0.2, 0) is 0 Å². The summed E-state index contributed by atoms with van der Waals surface area (Å²) in [7, 11) is 0. The van der Waals surface area contributed by atoms with Crippen molar-refractivity contribution in [2.45, 2.75) is 75.7 Å². The maximum Gasteiger partial charge on any atom is -0.00514 e. The van der Waals surface area contributed by atoms with Gasteiger partial charge in [0, 0.05) is 0 Å². The lowest BCUT2D eigenvalue weighted by molar-refractivity contribution is 0.0101. The first-order chi connectivity index (χ1) is 7.52. The van der Waals surface area contributed by atoms with Crippen LogP contribution in [0.4, 0.5) is 0 Å². The summed E-state index contributed by atoms with van der Waals surface area (Å²) in [4.78, 5) is 0. The summed E-state index contributed by atoms with van der Waals surface area (Å²) < 4.78 is 0. The predicted octanol–water partition coefficient (Wildman–Crippen LogP) is 5.83. The molecule has 2 bridgehead atoms. The SMILES string of the molecule is CC.CC1=C(C)[C@]2(C)CC1(C)C(C)(C)C2(C)C. The van der Waals surface area contributed by atoms with Crippen LogP contribution in [0, 0.1) is 21.7 Å². The van der Waals surface area contributed by atoms with E-state index in [0.717, 1.165) is 0 Å². The fourth-order valence-corrected chi connectivity index (χ4v) is 4.56. The highest BCUT2D eigenvalue weighted by Crippen LogP contribution is 2.78. The summed E-state index contributed by atoms with van der Waals surface area (Å²) in [6, 6.07) is 0. The van der Waals surface area contributed by atoms with Crippen LogP contribution < -0.4 is 0 Å². The van der Waals surface area contributed by atoms with Crippen molar-refractivity contribution in [1.82, 2.24) is 0 Å². The van der Waals surface area contributed by atoms with Gasteiger partial charge < -0.3 is 0 Å². The molecule has 0 N–H and O–H groups in total. The Morgan fingerprint density at radius 1 is 0.647 bits per heavy atom.